The zero-order chi connectivity index (χ0) is 13.4. The third kappa shape index (κ3) is 2.53. The fraction of sp³-hybridized carbons (Fsp3) is 0.455. The first kappa shape index (κ1) is 12.3. The average Bonchev–Trinajstić information content (AvgIpc) is 2.91. The number of halogens is 1. The third-order valence-electron chi connectivity index (χ3n) is 3.08. The van der Waals surface area contributed by atoms with Gasteiger partial charge in [-0.3, -0.25) is 4.79 Å². The summed E-state index contributed by atoms with van der Waals surface area (Å²) >= 11 is 3.41. The van der Waals surface area contributed by atoms with E-state index in [0.29, 0.717) is 17.6 Å². The van der Waals surface area contributed by atoms with E-state index in [1.165, 1.54) is 0 Å². The molecule has 1 aliphatic rings. The number of carbonyl (C=O) groups is 1. The van der Waals surface area contributed by atoms with Gasteiger partial charge < -0.3 is 9.88 Å². The molecule has 0 radical (unpaired) electrons. The van der Waals surface area contributed by atoms with Crippen LogP contribution < -0.4 is 5.32 Å². The molecule has 0 saturated heterocycles. The molecule has 1 unspecified atom stereocenters. The summed E-state index contributed by atoms with van der Waals surface area (Å²) in [6.07, 6.45) is 4.20. The van der Waals surface area contributed by atoms with Crippen LogP contribution in [-0.4, -0.2) is 31.1 Å². The highest BCUT2D eigenvalue weighted by molar-refractivity contribution is 9.10. The van der Waals surface area contributed by atoms with Crippen molar-refractivity contribution in [3.63, 3.8) is 0 Å². The van der Waals surface area contributed by atoms with Gasteiger partial charge in [0.05, 0.1) is 6.04 Å². The number of hydrogen-bond acceptors (Lipinski definition) is 4. The number of hydrogen-bond donors (Lipinski definition) is 2. The molecular formula is C11H13BrN6O. The molecule has 0 aromatic carbocycles. The molecule has 100 valence electrons. The van der Waals surface area contributed by atoms with E-state index < -0.39 is 0 Å². The lowest BCUT2D eigenvalue weighted by Crippen LogP contribution is -2.29. The molecule has 3 rings (SSSR count). The summed E-state index contributed by atoms with van der Waals surface area (Å²) in [5, 5.41) is 16.4. The molecule has 19 heavy (non-hydrogen) atoms. The van der Waals surface area contributed by atoms with Gasteiger partial charge in [0.15, 0.2) is 5.82 Å². The first-order chi connectivity index (χ1) is 9.15. The number of amides is 1. The largest absolute Gasteiger partial charge is 0.341 e. The summed E-state index contributed by atoms with van der Waals surface area (Å²) in [6, 6.07) is 2.00. The van der Waals surface area contributed by atoms with E-state index in [4.69, 9.17) is 0 Å². The quantitative estimate of drug-likeness (QED) is 0.893. The van der Waals surface area contributed by atoms with Gasteiger partial charge in [0.1, 0.15) is 5.69 Å². The molecule has 1 amide bonds. The minimum absolute atomic E-state index is 0.130. The molecule has 2 N–H and O–H groups in total. The summed E-state index contributed by atoms with van der Waals surface area (Å²) < 4.78 is 2.93. The summed E-state index contributed by atoms with van der Waals surface area (Å²) in [4.78, 5) is 12.3. The predicted molar refractivity (Wildman–Crippen MR) is 70.5 cm³/mol. The zero-order valence-corrected chi connectivity index (χ0v) is 11.9. The molecule has 2 heterocycles. The maximum absolute atomic E-state index is 12.3. The van der Waals surface area contributed by atoms with Crippen molar-refractivity contribution in [2.75, 3.05) is 0 Å². The molecule has 2 aromatic rings. The minimum Gasteiger partial charge on any atom is -0.341 e. The number of rotatable bonds is 4. The summed E-state index contributed by atoms with van der Waals surface area (Å²) in [5.74, 6) is 0.340. The fourth-order valence-corrected chi connectivity index (χ4v) is 2.41. The fourth-order valence-electron chi connectivity index (χ4n) is 1.97. The van der Waals surface area contributed by atoms with Gasteiger partial charge in [0.2, 0.25) is 0 Å². The van der Waals surface area contributed by atoms with Crippen LogP contribution >= 0.6 is 15.9 Å². The van der Waals surface area contributed by atoms with Crippen molar-refractivity contribution in [1.82, 2.24) is 30.5 Å². The van der Waals surface area contributed by atoms with Crippen LogP contribution in [0.3, 0.4) is 0 Å². The second-order valence-electron chi connectivity index (χ2n) is 4.65. The van der Waals surface area contributed by atoms with Gasteiger partial charge in [-0.05, 0) is 41.8 Å². The lowest BCUT2D eigenvalue weighted by atomic mass is 10.3. The monoisotopic (exact) mass is 324 g/mol. The lowest BCUT2D eigenvalue weighted by Gasteiger charge is -2.11. The molecule has 1 aliphatic carbocycles. The number of carbonyl (C=O) groups excluding carboxylic acids is 1. The van der Waals surface area contributed by atoms with Crippen molar-refractivity contribution in [3.05, 3.63) is 28.3 Å². The van der Waals surface area contributed by atoms with Gasteiger partial charge in [-0.1, -0.05) is 5.21 Å². The van der Waals surface area contributed by atoms with Gasteiger partial charge in [0.25, 0.3) is 5.91 Å². The highest BCUT2D eigenvalue weighted by Gasteiger charge is 2.28. The van der Waals surface area contributed by atoms with Crippen molar-refractivity contribution in [2.45, 2.75) is 31.8 Å². The number of aromatic nitrogens is 5. The van der Waals surface area contributed by atoms with Crippen LogP contribution in [0.4, 0.5) is 0 Å². The van der Waals surface area contributed by atoms with E-state index in [2.05, 4.69) is 41.9 Å². The van der Waals surface area contributed by atoms with E-state index in [1.807, 2.05) is 23.8 Å². The number of nitrogens with zero attached hydrogens (tertiary/aromatic N) is 4. The van der Waals surface area contributed by atoms with Crippen LogP contribution in [-0.2, 0) is 0 Å². The van der Waals surface area contributed by atoms with Crippen LogP contribution in [0.1, 0.15) is 48.2 Å². The molecule has 1 atom stereocenters. The third-order valence-corrected chi connectivity index (χ3v) is 3.52. The minimum atomic E-state index is -0.285. The Morgan fingerprint density at radius 3 is 3.05 bits per heavy atom. The Morgan fingerprint density at radius 1 is 1.63 bits per heavy atom. The smallest absolute Gasteiger partial charge is 0.268 e. The molecule has 1 saturated carbocycles. The van der Waals surface area contributed by atoms with Crippen molar-refractivity contribution in [2.24, 2.45) is 0 Å². The topological polar surface area (TPSA) is 88.5 Å². The standard InChI is InChI=1S/C11H13BrN6O/c1-6(10-14-16-17-15-10)13-11(19)9-4-7(12)5-18(9)8-2-3-8/h4-6,8H,2-3H2,1H3,(H,13,19)(H,14,15,16,17). The summed E-state index contributed by atoms with van der Waals surface area (Å²) in [7, 11) is 0. The van der Waals surface area contributed by atoms with Gasteiger partial charge in [-0.2, -0.15) is 5.21 Å². The summed E-state index contributed by atoms with van der Waals surface area (Å²) in [6.45, 7) is 1.82. The molecular weight excluding hydrogens is 312 g/mol. The van der Waals surface area contributed by atoms with E-state index in [0.717, 1.165) is 17.3 Å². The molecule has 0 aliphatic heterocycles. The van der Waals surface area contributed by atoms with Gasteiger partial charge in [-0.15, -0.1) is 10.2 Å². The van der Waals surface area contributed by atoms with Gasteiger partial charge >= 0.3 is 0 Å². The number of nitrogens with one attached hydrogen (secondary N) is 2. The Hall–Kier alpha value is -1.70. The van der Waals surface area contributed by atoms with E-state index in [9.17, 15) is 4.79 Å². The second kappa shape index (κ2) is 4.76. The second-order valence-corrected chi connectivity index (χ2v) is 5.56. The van der Waals surface area contributed by atoms with E-state index >= 15 is 0 Å². The maximum atomic E-state index is 12.3. The summed E-state index contributed by atoms with van der Waals surface area (Å²) in [5.41, 5.74) is 0.657. The Kier molecular flexibility index (Phi) is 3.09. The Bertz CT molecular complexity index is 588. The van der Waals surface area contributed by atoms with Crippen molar-refractivity contribution in [1.29, 1.82) is 0 Å². The maximum Gasteiger partial charge on any atom is 0.268 e. The van der Waals surface area contributed by atoms with Crippen molar-refractivity contribution >= 4 is 21.8 Å². The lowest BCUT2D eigenvalue weighted by molar-refractivity contribution is 0.0928. The van der Waals surface area contributed by atoms with Gasteiger partial charge in [0, 0.05) is 16.7 Å². The molecule has 0 spiro atoms. The number of aromatic amines is 1. The first-order valence-corrected chi connectivity index (χ1v) is 6.86. The molecule has 1 fully saturated rings. The average molecular weight is 325 g/mol. The zero-order valence-electron chi connectivity index (χ0n) is 10.3. The Morgan fingerprint density at radius 2 is 2.42 bits per heavy atom. The normalized spacial score (nSPS) is 16.3. The van der Waals surface area contributed by atoms with Crippen molar-refractivity contribution in [3.8, 4) is 0 Å². The molecule has 8 heteroatoms. The number of tetrazole rings is 1. The van der Waals surface area contributed by atoms with Gasteiger partial charge in [-0.25, -0.2) is 0 Å². The SMILES string of the molecule is CC(NC(=O)c1cc(Br)cn1C1CC1)c1nn[nH]n1. The molecule has 2 aromatic heterocycles. The number of H-pyrrole nitrogens is 1. The van der Waals surface area contributed by atoms with Crippen LogP contribution in [0.5, 0.6) is 0 Å². The van der Waals surface area contributed by atoms with Crippen LogP contribution in [0.15, 0.2) is 16.7 Å². The Balaban J connectivity index is 1.77. The molecule has 0 bridgehead atoms. The van der Waals surface area contributed by atoms with Crippen molar-refractivity contribution < 1.29 is 4.79 Å². The Labute approximate surface area is 117 Å². The van der Waals surface area contributed by atoms with E-state index in [-0.39, 0.29) is 11.9 Å². The van der Waals surface area contributed by atoms with Crippen LogP contribution in [0, 0.1) is 0 Å². The van der Waals surface area contributed by atoms with Crippen LogP contribution in [0.2, 0.25) is 0 Å². The predicted octanol–water partition coefficient (Wildman–Crippen LogP) is 1.59. The van der Waals surface area contributed by atoms with E-state index in [1.54, 1.807) is 0 Å². The highest BCUT2D eigenvalue weighted by Crippen LogP contribution is 2.37. The highest BCUT2D eigenvalue weighted by atomic mass is 79.9. The van der Waals surface area contributed by atoms with Crippen LogP contribution in [0.25, 0.3) is 0 Å². The first-order valence-electron chi connectivity index (χ1n) is 6.06. The molecule has 7 nitrogen and oxygen atoms in total.